The summed E-state index contributed by atoms with van der Waals surface area (Å²) < 4.78 is 2.09. The molecule has 1 aliphatic carbocycles. The van der Waals surface area contributed by atoms with Crippen molar-refractivity contribution < 1.29 is 0 Å². The first-order valence-electron chi connectivity index (χ1n) is 6.54. The Kier molecular flexibility index (Phi) is 3.12. The van der Waals surface area contributed by atoms with Gasteiger partial charge in [0.05, 0.1) is 5.02 Å². The molecular weight excluding hydrogens is 248 g/mol. The number of fused-ring (bicyclic) bond motifs is 1. The second-order valence-corrected chi connectivity index (χ2v) is 5.42. The second kappa shape index (κ2) is 4.76. The molecule has 0 radical (unpaired) electrons. The maximum Gasteiger partial charge on any atom is 0.202 e. The lowest BCUT2D eigenvalue weighted by atomic mass is 10.1. The zero-order valence-corrected chi connectivity index (χ0v) is 11.0. The molecule has 5 heteroatoms. The summed E-state index contributed by atoms with van der Waals surface area (Å²) in [5.74, 6) is 0.562. The van der Waals surface area contributed by atoms with Crippen molar-refractivity contribution in [2.24, 2.45) is 0 Å². The topological polar surface area (TPSA) is 56.7 Å². The number of nitrogens with two attached hydrogens (primary N) is 1. The van der Waals surface area contributed by atoms with Crippen LogP contribution in [0.3, 0.4) is 0 Å². The summed E-state index contributed by atoms with van der Waals surface area (Å²) in [5, 5.41) is 0.605. The number of imidazole rings is 1. The lowest BCUT2D eigenvalue weighted by molar-refractivity contribution is 0.457. The highest BCUT2D eigenvalue weighted by atomic mass is 35.5. The molecule has 2 heterocycles. The molecular formula is C13H17ClN4. The first-order valence-corrected chi connectivity index (χ1v) is 6.92. The number of nitrogen functional groups attached to an aromatic ring is 1. The predicted molar refractivity (Wildman–Crippen MR) is 73.7 cm³/mol. The number of aromatic nitrogens is 3. The zero-order chi connectivity index (χ0) is 12.5. The average Bonchev–Trinajstić information content (AvgIpc) is 2.54. The Balaban J connectivity index is 2.06. The minimum Gasteiger partial charge on any atom is -0.369 e. The van der Waals surface area contributed by atoms with Gasteiger partial charge < -0.3 is 5.73 Å². The van der Waals surface area contributed by atoms with Crippen LogP contribution in [0.2, 0.25) is 5.02 Å². The molecule has 4 nitrogen and oxygen atoms in total. The Morgan fingerprint density at radius 3 is 2.67 bits per heavy atom. The van der Waals surface area contributed by atoms with Crippen molar-refractivity contribution in [2.45, 2.75) is 44.6 Å². The molecule has 1 fully saturated rings. The van der Waals surface area contributed by atoms with Gasteiger partial charge in [0.15, 0.2) is 5.65 Å². The number of pyridine rings is 1. The lowest BCUT2D eigenvalue weighted by Crippen LogP contribution is -2.11. The number of hydrogen-bond acceptors (Lipinski definition) is 3. The Morgan fingerprint density at radius 1 is 1.22 bits per heavy atom. The highest BCUT2D eigenvalue weighted by molar-refractivity contribution is 6.31. The SMILES string of the molecule is Nc1nc2cc(Cl)cnc2n1C1CCCCCC1. The molecule has 96 valence electrons. The Bertz CT molecular complexity index is 555. The molecule has 0 bridgehead atoms. The maximum atomic E-state index is 6.05. The third-order valence-corrected chi connectivity index (χ3v) is 3.92. The van der Waals surface area contributed by atoms with E-state index >= 15 is 0 Å². The monoisotopic (exact) mass is 264 g/mol. The molecule has 0 unspecified atom stereocenters. The molecule has 0 spiro atoms. The van der Waals surface area contributed by atoms with Crippen LogP contribution >= 0.6 is 11.6 Å². The van der Waals surface area contributed by atoms with Crippen LogP contribution in [0.15, 0.2) is 12.3 Å². The van der Waals surface area contributed by atoms with Crippen molar-refractivity contribution in [3.63, 3.8) is 0 Å². The maximum absolute atomic E-state index is 6.05. The second-order valence-electron chi connectivity index (χ2n) is 4.98. The normalized spacial score (nSPS) is 18.1. The standard InChI is InChI=1S/C13H17ClN4/c14-9-7-11-12(16-8-9)18(13(15)17-11)10-5-3-1-2-4-6-10/h7-8,10H,1-6H2,(H2,15,17). The van der Waals surface area contributed by atoms with Crippen LogP contribution in [0, 0.1) is 0 Å². The fourth-order valence-corrected chi connectivity index (χ4v) is 3.00. The molecule has 1 aliphatic rings. The molecule has 2 aromatic heterocycles. The van der Waals surface area contributed by atoms with Gasteiger partial charge in [-0.25, -0.2) is 9.97 Å². The molecule has 0 amide bonds. The molecule has 2 N–H and O–H groups in total. The number of nitrogens with zero attached hydrogens (tertiary/aromatic N) is 3. The van der Waals surface area contributed by atoms with Gasteiger partial charge in [-0.05, 0) is 18.9 Å². The molecule has 0 saturated heterocycles. The highest BCUT2D eigenvalue weighted by Crippen LogP contribution is 2.32. The van der Waals surface area contributed by atoms with E-state index in [2.05, 4.69) is 14.5 Å². The van der Waals surface area contributed by atoms with Crippen molar-refractivity contribution in [2.75, 3.05) is 5.73 Å². The summed E-state index contributed by atoms with van der Waals surface area (Å²) in [4.78, 5) is 8.77. The van der Waals surface area contributed by atoms with Crippen LogP contribution in [0.1, 0.15) is 44.6 Å². The van der Waals surface area contributed by atoms with E-state index in [9.17, 15) is 0 Å². The van der Waals surface area contributed by atoms with Crippen LogP contribution in [0.5, 0.6) is 0 Å². The molecule has 0 aliphatic heterocycles. The van der Waals surface area contributed by atoms with Gasteiger partial charge in [0.25, 0.3) is 0 Å². The molecule has 3 rings (SSSR count). The van der Waals surface area contributed by atoms with Gasteiger partial charge in [-0.15, -0.1) is 0 Å². The minimum atomic E-state index is 0.436. The van der Waals surface area contributed by atoms with Crippen LogP contribution in [-0.4, -0.2) is 14.5 Å². The predicted octanol–water partition coefficient (Wildman–Crippen LogP) is 3.56. The fourth-order valence-electron chi connectivity index (χ4n) is 2.85. The zero-order valence-electron chi connectivity index (χ0n) is 10.3. The summed E-state index contributed by atoms with van der Waals surface area (Å²) in [5.41, 5.74) is 7.71. The van der Waals surface area contributed by atoms with E-state index in [0.29, 0.717) is 17.0 Å². The highest BCUT2D eigenvalue weighted by Gasteiger charge is 2.20. The number of rotatable bonds is 1. The Hall–Kier alpha value is -1.29. The van der Waals surface area contributed by atoms with Crippen molar-refractivity contribution in [3.05, 3.63) is 17.3 Å². The summed E-state index contributed by atoms with van der Waals surface area (Å²) >= 11 is 5.94. The number of halogens is 1. The summed E-state index contributed by atoms with van der Waals surface area (Å²) in [7, 11) is 0. The van der Waals surface area contributed by atoms with E-state index in [1.807, 2.05) is 6.07 Å². The molecule has 2 aromatic rings. The van der Waals surface area contributed by atoms with Gasteiger partial charge in [-0.2, -0.15) is 0 Å². The van der Waals surface area contributed by atoms with Crippen LogP contribution in [-0.2, 0) is 0 Å². The fraction of sp³-hybridized carbons (Fsp3) is 0.538. The third-order valence-electron chi connectivity index (χ3n) is 3.71. The van der Waals surface area contributed by atoms with E-state index in [1.165, 1.54) is 38.5 Å². The van der Waals surface area contributed by atoms with Crippen molar-refractivity contribution in [1.82, 2.24) is 14.5 Å². The first kappa shape index (κ1) is 11.8. The largest absolute Gasteiger partial charge is 0.369 e. The van der Waals surface area contributed by atoms with Crippen LogP contribution < -0.4 is 5.73 Å². The van der Waals surface area contributed by atoms with Gasteiger partial charge in [-0.3, -0.25) is 4.57 Å². The van der Waals surface area contributed by atoms with Gasteiger partial charge >= 0.3 is 0 Å². The third kappa shape index (κ3) is 2.05. The van der Waals surface area contributed by atoms with Crippen molar-refractivity contribution in [3.8, 4) is 0 Å². The quantitative estimate of drug-likeness (QED) is 0.801. The average molecular weight is 265 g/mol. The lowest BCUT2D eigenvalue weighted by Gasteiger charge is -2.17. The van der Waals surface area contributed by atoms with Crippen molar-refractivity contribution >= 4 is 28.7 Å². The van der Waals surface area contributed by atoms with E-state index in [-0.39, 0.29) is 0 Å². The Labute approximate surface area is 111 Å². The molecule has 1 saturated carbocycles. The van der Waals surface area contributed by atoms with E-state index in [0.717, 1.165) is 11.2 Å². The van der Waals surface area contributed by atoms with Gasteiger partial charge in [-0.1, -0.05) is 37.3 Å². The van der Waals surface area contributed by atoms with Crippen LogP contribution in [0.4, 0.5) is 5.95 Å². The van der Waals surface area contributed by atoms with Crippen LogP contribution in [0.25, 0.3) is 11.2 Å². The molecule has 0 atom stereocenters. The van der Waals surface area contributed by atoms with E-state index in [4.69, 9.17) is 17.3 Å². The molecule has 0 aromatic carbocycles. The van der Waals surface area contributed by atoms with Gasteiger partial charge in [0.2, 0.25) is 5.95 Å². The first-order chi connectivity index (χ1) is 8.75. The minimum absolute atomic E-state index is 0.436. The van der Waals surface area contributed by atoms with E-state index in [1.54, 1.807) is 6.20 Å². The summed E-state index contributed by atoms with van der Waals surface area (Å²) in [6.45, 7) is 0. The molecule has 18 heavy (non-hydrogen) atoms. The van der Waals surface area contributed by atoms with E-state index < -0.39 is 0 Å². The summed E-state index contributed by atoms with van der Waals surface area (Å²) in [6, 6.07) is 2.26. The van der Waals surface area contributed by atoms with Crippen molar-refractivity contribution in [1.29, 1.82) is 0 Å². The Morgan fingerprint density at radius 2 is 1.94 bits per heavy atom. The van der Waals surface area contributed by atoms with Gasteiger partial charge in [0, 0.05) is 12.2 Å². The number of anilines is 1. The summed E-state index contributed by atoms with van der Waals surface area (Å²) in [6.07, 6.45) is 9.16. The number of hydrogen-bond donors (Lipinski definition) is 1. The van der Waals surface area contributed by atoms with Gasteiger partial charge in [0.1, 0.15) is 5.52 Å². The smallest absolute Gasteiger partial charge is 0.202 e.